The van der Waals surface area contributed by atoms with E-state index < -0.39 is 24.0 Å². The molecule has 9 nitrogen and oxygen atoms in total. The molecule has 0 bridgehead atoms. The van der Waals surface area contributed by atoms with Crippen molar-refractivity contribution < 1.29 is 14.4 Å². The third kappa shape index (κ3) is 9.39. The van der Waals surface area contributed by atoms with E-state index >= 15 is 0 Å². The lowest BCUT2D eigenvalue weighted by molar-refractivity contribution is -0.133. The van der Waals surface area contributed by atoms with Gasteiger partial charge in [-0.1, -0.05) is 121 Å². The van der Waals surface area contributed by atoms with Crippen LogP contribution >= 0.6 is 11.8 Å². The van der Waals surface area contributed by atoms with Gasteiger partial charge in [0.2, 0.25) is 17.7 Å². The van der Waals surface area contributed by atoms with Crippen molar-refractivity contribution in [1.29, 1.82) is 0 Å². The number of rotatable bonds is 8. The fourth-order valence-electron chi connectivity index (χ4n) is 7.28. The van der Waals surface area contributed by atoms with Gasteiger partial charge in [0, 0.05) is 46.4 Å². The highest BCUT2D eigenvalue weighted by Gasteiger charge is 2.32. The molecule has 1 aliphatic heterocycles. The number of carbonyl (C=O) groups is 3. The Morgan fingerprint density at radius 3 is 2.09 bits per heavy atom. The number of hydrogen-bond donors (Lipinski definition) is 5. The summed E-state index contributed by atoms with van der Waals surface area (Å²) in [5.41, 5.74) is 13.0. The average Bonchev–Trinajstić information content (AvgIpc) is 3.64. The maximum absolute atomic E-state index is 14.6. The number of aromatic nitrogens is 1. The van der Waals surface area contributed by atoms with Gasteiger partial charge in [0.1, 0.15) is 12.1 Å². The number of amides is 3. The summed E-state index contributed by atoms with van der Waals surface area (Å²) in [5, 5.41) is 10.2. The van der Waals surface area contributed by atoms with Gasteiger partial charge < -0.3 is 26.7 Å². The Kier molecular flexibility index (Phi) is 12.6. The summed E-state index contributed by atoms with van der Waals surface area (Å²) < 4.78 is 0. The standard InChI is InChI=1S/C46H48N6O3S/c1-52-30-35-15-6-10-20-43(35)56-42-19-9-5-14-34(42)28-49-44(53)40(27-36-29-48-38-17-8-7-16-37(36)38)51-45(54)39(18-11-25-47)50-46(55)41(52)26-31-21-23-33(24-22-31)32-12-3-2-4-13-32/h2-10,12-17,19-24,29,39-41,48H,11,18,25-28,30,47H2,1H3,(H,49,53)(H,50,55)(H,51,54). The summed E-state index contributed by atoms with van der Waals surface area (Å²) in [6.07, 6.45) is 3.40. The number of carbonyl (C=O) groups excluding carboxylic acids is 3. The highest BCUT2D eigenvalue weighted by atomic mass is 32.2. The number of benzene rings is 5. The summed E-state index contributed by atoms with van der Waals surface area (Å²) in [6, 6.07) is 40.2. The van der Waals surface area contributed by atoms with Crippen molar-refractivity contribution in [1.82, 2.24) is 25.8 Å². The Balaban J connectivity index is 1.24. The van der Waals surface area contributed by atoms with Crippen LogP contribution in [0.15, 0.2) is 143 Å². The summed E-state index contributed by atoms with van der Waals surface area (Å²) in [7, 11) is 1.96. The van der Waals surface area contributed by atoms with Crippen LogP contribution in [0.5, 0.6) is 0 Å². The topological polar surface area (TPSA) is 132 Å². The molecule has 6 aromatic rings. The largest absolute Gasteiger partial charge is 0.361 e. The van der Waals surface area contributed by atoms with E-state index in [1.807, 2.05) is 86.0 Å². The minimum absolute atomic E-state index is 0.257. The number of aromatic amines is 1. The average molecular weight is 765 g/mol. The van der Waals surface area contributed by atoms with E-state index in [4.69, 9.17) is 5.73 Å². The van der Waals surface area contributed by atoms with Gasteiger partial charge in [-0.25, -0.2) is 0 Å². The highest BCUT2D eigenvalue weighted by molar-refractivity contribution is 7.99. The Morgan fingerprint density at radius 1 is 0.679 bits per heavy atom. The monoisotopic (exact) mass is 764 g/mol. The number of nitrogens with one attached hydrogen (secondary N) is 4. The van der Waals surface area contributed by atoms with Crippen molar-refractivity contribution in [2.24, 2.45) is 5.73 Å². The molecule has 0 saturated heterocycles. The van der Waals surface area contributed by atoms with E-state index in [9.17, 15) is 14.4 Å². The number of nitrogens with two attached hydrogens (primary N) is 1. The molecule has 0 aliphatic carbocycles. The molecule has 286 valence electrons. The number of likely N-dealkylation sites (N-methyl/N-ethyl adjacent to an activating group) is 1. The van der Waals surface area contributed by atoms with Gasteiger partial charge >= 0.3 is 0 Å². The third-order valence-electron chi connectivity index (χ3n) is 10.4. The molecule has 3 unspecified atom stereocenters. The van der Waals surface area contributed by atoms with Crippen molar-refractivity contribution in [3.63, 3.8) is 0 Å². The molecule has 5 aromatic carbocycles. The van der Waals surface area contributed by atoms with Gasteiger partial charge in [0.25, 0.3) is 0 Å². The second-order valence-corrected chi connectivity index (χ2v) is 15.4. The summed E-state index contributed by atoms with van der Waals surface area (Å²) in [5.74, 6) is -1.01. The van der Waals surface area contributed by atoms with E-state index in [0.29, 0.717) is 32.4 Å². The van der Waals surface area contributed by atoms with E-state index in [-0.39, 0.29) is 24.8 Å². The number of para-hydroxylation sites is 1. The molecule has 0 radical (unpaired) electrons. The molecule has 10 heteroatoms. The van der Waals surface area contributed by atoms with Crippen LogP contribution in [-0.2, 0) is 40.3 Å². The number of H-pyrrole nitrogens is 1. The lowest BCUT2D eigenvalue weighted by Crippen LogP contribution is -2.57. The molecule has 0 fully saturated rings. The van der Waals surface area contributed by atoms with Crippen LogP contribution < -0.4 is 21.7 Å². The van der Waals surface area contributed by atoms with Crippen LogP contribution in [0.2, 0.25) is 0 Å². The van der Waals surface area contributed by atoms with Gasteiger partial charge in [0.15, 0.2) is 0 Å². The SMILES string of the molecule is CN1Cc2ccccc2Sc2ccccc2CNC(=O)C(Cc2c[nH]c3ccccc23)NC(=O)C(CCCN)NC(=O)C1Cc1ccc(-c2ccccc2)cc1. The highest BCUT2D eigenvalue weighted by Crippen LogP contribution is 2.34. The molecule has 6 N–H and O–H groups in total. The van der Waals surface area contributed by atoms with E-state index in [1.54, 1.807) is 11.8 Å². The first-order valence-electron chi connectivity index (χ1n) is 19.2. The lowest BCUT2D eigenvalue weighted by Gasteiger charge is -2.30. The predicted molar refractivity (Wildman–Crippen MR) is 224 cm³/mol. The molecule has 2 heterocycles. The van der Waals surface area contributed by atoms with Crippen LogP contribution in [0.25, 0.3) is 22.0 Å². The smallest absolute Gasteiger partial charge is 0.243 e. The number of hydrogen-bond acceptors (Lipinski definition) is 6. The second kappa shape index (κ2) is 18.3. The van der Waals surface area contributed by atoms with E-state index in [0.717, 1.165) is 54.1 Å². The third-order valence-corrected chi connectivity index (χ3v) is 11.7. The Morgan fingerprint density at radius 2 is 1.32 bits per heavy atom. The zero-order valence-corrected chi connectivity index (χ0v) is 32.4. The molecule has 1 aliphatic rings. The van der Waals surface area contributed by atoms with E-state index in [1.165, 1.54) is 0 Å². The molecule has 7 rings (SSSR count). The number of nitrogens with zero attached hydrogens (tertiary/aromatic N) is 1. The lowest BCUT2D eigenvalue weighted by atomic mass is 9.99. The van der Waals surface area contributed by atoms with Crippen LogP contribution in [0.4, 0.5) is 0 Å². The summed E-state index contributed by atoms with van der Waals surface area (Å²) in [4.78, 5) is 50.4. The normalized spacial score (nSPS) is 18.6. The second-order valence-electron chi connectivity index (χ2n) is 14.4. The summed E-state index contributed by atoms with van der Waals surface area (Å²) in [6.45, 7) is 1.13. The molecular formula is C46H48N6O3S. The summed E-state index contributed by atoms with van der Waals surface area (Å²) >= 11 is 1.64. The minimum atomic E-state index is -0.906. The molecular weight excluding hydrogens is 717 g/mol. The predicted octanol–water partition coefficient (Wildman–Crippen LogP) is 6.61. The van der Waals surface area contributed by atoms with Crippen LogP contribution in [0.1, 0.15) is 35.1 Å². The van der Waals surface area contributed by atoms with E-state index in [2.05, 4.69) is 80.4 Å². The van der Waals surface area contributed by atoms with Gasteiger partial charge in [-0.2, -0.15) is 0 Å². The van der Waals surface area contributed by atoms with Gasteiger partial charge in [-0.05, 0) is 84.4 Å². The fraction of sp³-hybridized carbons (Fsp3) is 0.239. The minimum Gasteiger partial charge on any atom is -0.361 e. The van der Waals surface area contributed by atoms with Gasteiger partial charge in [0.05, 0.1) is 6.04 Å². The van der Waals surface area contributed by atoms with Crippen molar-refractivity contribution in [2.75, 3.05) is 13.6 Å². The van der Waals surface area contributed by atoms with Crippen LogP contribution in [0, 0.1) is 0 Å². The Hall–Kier alpha value is -5.68. The zero-order valence-electron chi connectivity index (χ0n) is 31.5. The Bertz CT molecular complexity index is 2270. The van der Waals surface area contributed by atoms with Crippen LogP contribution in [0.3, 0.4) is 0 Å². The first kappa shape index (κ1) is 38.6. The maximum Gasteiger partial charge on any atom is 0.243 e. The molecule has 3 atom stereocenters. The van der Waals surface area contributed by atoms with Crippen molar-refractivity contribution >= 4 is 40.4 Å². The molecule has 0 saturated carbocycles. The van der Waals surface area contributed by atoms with Crippen molar-refractivity contribution in [2.45, 2.75) is 66.7 Å². The first-order chi connectivity index (χ1) is 27.4. The maximum atomic E-state index is 14.6. The van der Waals surface area contributed by atoms with Crippen LogP contribution in [-0.4, -0.2) is 59.3 Å². The fourth-order valence-corrected chi connectivity index (χ4v) is 8.35. The molecule has 0 spiro atoms. The Labute approximate surface area is 332 Å². The first-order valence-corrected chi connectivity index (χ1v) is 20.0. The molecule has 3 amide bonds. The quantitative estimate of drug-likeness (QED) is 0.119. The van der Waals surface area contributed by atoms with Gasteiger partial charge in [-0.15, -0.1) is 0 Å². The molecule has 56 heavy (non-hydrogen) atoms. The number of fused-ring (bicyclic) bond motifs is 3. The van der Waals surface area contributed by atoms with Gasteiger partial charge in [-0.3, -0.25) is 19.3 Å². The zero-order chi connectivity index (χ0) is 38.9. The van der Waals surface area contributed by atoms with Crippen molar-refractivity contribution in [3.8, 4) is 11.1 Å². The van der Waals surface area contributed by atoms with Crippen molar-refractivity contribution in [3.05, 3.63) is 156 Å². The molecule has 1 aromatic heterocycles.